The van der Waals surface area contributed by atoms with E-state index in [4.69, 9.17) is 14.2 Å². The molecule has 202 valence electrons. The van der Waals surface area contributed by atoms with E-state index in [1.54, 1.807) is 43.2 Å². The summed E-state index contributed by atoms with van der Waals surface area (Å²) >= 11 is 4.88. The van der Waals surface area contributed by atoms with Crippen LogP contribution in [-0.2, 0) is 16.1 Å². The number of methoxy groups -OCH3 is 1. The topological polar surface area (TPSA) is 77.4 Å². The highest BCUT2D eigenvalue weighted by molar-refractivity contribution is 9.10. The second-order valence-corrected chi connectivity index (χ2v) is 10.5. The van der Waals surface area contributed by atoms with Crippen molar-refractivity contribution < 1.29 is 23.8 Å². The molecule has 1 amide bonds. The predicted molar refractivity (Wildman–Crippen MR) is 159 cm³/mol. The molecule has 0 unspecified atom stereocenters. The van der Waals surface area contributed by atoms with Gasteiger partial charge in [0.1, 0.15) is 6.61 Å². The van der Waals surface area contributed by atoms with Crippen LogP contribution in [0.3, 0.4) is 0 Å². The van der Waals surface area contributed by atoms with E-state index in [0.717, 1.165) is 11.1 Å². The Kier molecular flexibility index (Phi) is 9.48. The van der Waals surface area contributed by atoms with Crippen LogP contribution >= 0.6 is 27.7 Å². The number of thioether (sulfide) groups is 1. The van der Waals surface area contributed by atoms with Crippen molar-refractivity contribution in [3.8, 4) is 11.5 Å². The summed E-state index contributed by atoms with van der Waals surface area (Å²) in [7, 11) is 1.58. The van der Waals surface area contributed by atoms with Gasteiger partial charge in [-0.2, -0.15) is 0 Å². The van der Waals surface area contributed by atoms with Gasteiger partial charge in [0.05, 0.1) is 34.3 Å². The molecule has 0 saturated carbocycles. The minimum atomic E-state index is -0.409. The second kappa shape index (κ2) is 13.0. The zero-order valence-corrected chi connectivity index (χ0v) is 24.6. The van der Waals surface area contributed by atoms with E-state index in [1.165, 1.54) is 17.3 Å². The van der Waals surface area contributed by atoms with Crippen LogP contribution < -0.4 is 9.47 Å². The minimum Gasteiger partial charge on any atom is -0.493 e. The first-order chi connectivity index (χ1) is 18.8. The van der Waals surface area contributed by atoms with Crippen LogP contribution in [0.15, 0.2) is 75.0 Å². The van der Waals surface area contributed by atoms with Gasteiger partial charge < -0.3 is 14.2 Å². The Morgan fingerprint density at radius 2 is 1.87 bits per heavy atom. The molecule has 7 nitrogen and oxygen atoms in total. The molecule has 9 heteroatoms. The average Bonchev–Trinajstić information content (AvgIpc) is 3.22. The molecule has 1 aliphatic rings. The molecule has 0 N–H and O–H groups in total. The first-order valence-electron chi connectivity index (χ1n) is 12.5. The normalized spacial score (nSPS) is 15.2. The third-order valence-electron chi connectivity index (χ3n) is 5.84. The molecule has 4 rings (SSSR count). The number of amides is 1. The van der Waals surface area contributed by atoms with Crippen molar-refractivity contribution >= 4 is 56.5 Å². The molecule has 1 aliphatic heterocycles. The highest BCUT2D eigenvalue weighted by Gasteiger charge is 2.32. The largest absolute Gasteiger partial charge is 0.493 e. The van der Waals surface area contributed by atoms with Crippen LogP contribution in [0.4, 0.5) is 5.69 Å². The monoisotopic (exact) mass is 608 g/mol. The van der Waals surface area contributed by atoms with E-state index in [1.807, 2.05) is 56.3 Å². The number of aryl methyl sites for hydroxylation is 1. The predicted octanol–water partition coefficient (Wildman–Crippen LogP) is 7.15. The van der Waals surface area contributed by atoms with E-state index in [-0.39, 0.29) is 5.91 Å². The zero-order valence-electron chi connectivity index (χ0n) is 22.2. The molecular weight excluding hydrogens is 580 g/mol. The Morgan fingerprint density at radius 1 is 1.10 bits per heavy atom. The second-order valence-electron chi connectivity index (χ2n) is 8.63. The first-order valence-corrected chi connectivity index (χ1v) is 14.1. The standard InChI is InChI=1S/C30H29BrN2O5S/c1-5-33-28(34)26(39-30(33)32-23-9-7-8-22(17-23)29(35)37-6-2)16-21-14-24(31)27(25(15-21)36-4)38-18-20-12-10-19(3)11-13-20/h7-17H,5-6,18H2,1-4H3. The lowest BCUT2D eigenvalue weighted by atomic mass is 10.1. The maximum atomic E-state index is 13.2. The lowest BCUT2D eigenvalue weighted by Crippen LogP contribution is -2.28. The molecule has 39 heavy (non-hydrogen) atoms. The van der Waals surface area contributed by atoms with Gasteiger partial charge in [-0.25, -0.2) is 9.79 Å². The smallest absolute Gasteiger partial charge is 0.338 e. The number of hydrogen-bond acceptors (Lipinski definition) is 7. The number of amidine groups is 1. The molecule has 0 spiro atoms. The van der Waals surface area contributed by atoms with Crippen LogP contribution in [0.25, 0.3) is 6.08 Å². The number of ether oxygens (including phenoxy) is 3. The van der Waals surface area contributed by atoms with Gasteiger partial charge in [0.25, 0.3) is 5.91 Å². The summed E-state index contributed by atoms with van der Waals surface area (Å²) in [4.78, 5) is 32.1. The van der Waals surface area contributed by atoms with Crippen molar-refractivity contribution in [3.63, 3.8) is 0 Å². The molecule has 0 radical (unpaired) electrons. The average molecular weight is 610 g/mol. The summed E-state index contributed by atoms with van der Waals surface area (Å²) in [5.41, 5.74) is 3.99. The summed E-state index contributed by atoms with van der Waals surface area (Å²) in [5.74, 6) is 0.589. The Bertz CT molecular complexity index is 1440. The van der Waals surface area contributed by atoms with Crippen molar-refractivity contribution in [2.45, 2.75) is 27.4 Å². The lowest BCUT2D eigenvalue weighted by molar-refractivity contribution is -0.122. The molecule has 0 bridgehead atoms. The van der Waals surface area contributed by atoms with Crippen molar-refractivity contribution in [1.29, 1.82) is 0 Å². The van der Waals surface area contributed by atoms with Gasteiger partial charge in [0.15, 0.2) is 16.7 Å². The van der Waals surface area contributed by atoms with Crippen LogP contribution in [0, 0.1) is 6.92 Å². The molecule has 3 aromatic carbocycles. The highest BCUT2D eigenvalue weighted by Crippen LogP contribution is 2.40. The van der Waals surface area contributed by atoms with Gasteiger partial charge >= 0.3 is 5.97 Å². The van der Waals surface area contributed by atoms with E-state index >= 15 is 0 Å². The summed E-state index contributed by atoms with van der Waals surface area (Å²) in [6.45, 7) is 6.84. The van der Waals surface area contributed by atoms with E-state index < -0.39 is 5.97 Å². The molecule has 0 aliphatic carbocycles. The number of hydrogen-bond donors (Lipinski definition) is 0. The summed E-state index contributed by atoms with van der Waals surface area (Å²) in [6, 6.07) is 18.7. The summed E-state index contributed by atoms with van der Waals surface area (Å²) < 4.78 is 17.5. The Balaban J connectivity index is 1.58. The van der Waals surface area contributed by atoms with Crippen molar-refractivity contribution in [2.24, 2.45) is 4.99 Å². The number of carbonyl (C=O) groups is 2. The minimum absolute atomic E-state index is 0.141. The highest BCUT2D eigenvalue weighted by atomic mass is 79.9. The fraction of sp³-hybridized carbons (Fsp3) is 0.233. The number of likely N-dealkylation sites (N-methyl/N-ethyl adjacent to an activating group) is 1. The van der Waals surface area contributed by atoms with Crippen LogP contribution in [0.1, 0.15) is 40.9 Å². The van der Waals surface area contributed by atoms with Gasteiger partial charge in [0, 0.05) is 6.54 Å². The third kappa shape index (κ3) is 6.91. The zero-order chi connectivity index (χ0) is 27.9. The maximum Gasteiger partial charge on any atom is 0.338 e. The fourth-order valence-electron chi connectivity index (χ4n) is 3.85. The molecule has 3 aromatic rings. The molecule has 0 aromatic heterocycles. The third-order valence-corrected chi connectivity index (χ3v) is 7.44. The van der Waals surface area contributed by atoms with Gasteiger partial charge in [-0.05, 0) is 96.0 Å². The Hall–Kier alpha value is -3.56. The number of halogens is 1. The molecule has 1 fully saturated rings. The van der Waals surface area contributed by atoms with E-state index in [9.17, 15) is 9.59 Å². The quantitative estimate of drug-likeness (QED) is 0.190. The maximum absolute atomic E-state index is 13.2. The number of nitrogens with zero attached hydrogens (tertiary/aromatic N) is 2. The summed E-state index contributed by atoms with van der Waals surface area (Å²) in [6.07, 6.45) is 1.81. The lowest BCUT2D eigenvalue weighted by Gasteiger charge is -2.14. The number of rotatable bonds is 9. The molecule has 1 saturated heterocycles. The number of benzene rings is 3. The van der Waals surface area contributed by atoms with Gasteiger partial charge in [-0.3, -0.25) is 9.69 Å². The summed E-state index contributed by atoms with van der Waals surface area (Å²) in [5, 5.41) is 0.541. The first kappa shape index (κ1) is 28.4. The SMILES string of the molecule is CCOC(=O)c1cccc(N=C2SC(=Cc3cc(Br)c(OCc4ccc(C)cc4)c(OC)c3)C(=O)N2CC)c1. The van der Waals surface area contributed by atoms with E-state index in [2.05, 4.69) is 20.9 Å². The molecule has 1 heterocycles. The van der Waals surface area contributed by atoms with Crippen LogP contribution in [0.5, 0.6) is 11.5 Å². The van der Waals surface area contributed by atoms with Crippen molar-refractivity contribution in [3.05, 3.63) is 92.3 Å². The van der Waals surface area contributed by atoms with Gasteiger partial charge in [0.2, 0.25) is 0 Å². The van der Waals surface area contributed by atoms with Crippen LogP contribution in [-0.4, -0.2) is 42.2 Å². The van der Waals surface area contributed by atoms with Crippen LogP contribution in [0.2, 0.25) is 0 Å². The Morgan fingerprint density at radius 3 is 2.56 bits per heavy atom. The number of aliphatic imine (C=N–C) groups is 1. The number of carbonyl (C=O) groups excluding carboxylic acids is 2. The van der Waals surface area contributed by atoms with Gasteiger partial charge in [-0.1, -0.05) is 35.9 Å². The van der Waals surface area contributed by atoms with Crippen molar-refractivity contribution in [2.75, 3.05) is 20.3 Å². The molecule has 0 atom stereocenters. The van der Waals surface area contributed by atoms with Gasteiger partial charge in [-0.15, -0.1) is 0 Å². The van der Waals surface area contributed by atoms with E-state index in [0.29, 0.717) is 57.1 Å². The Labute approximate surface area is 241 Å². The van der Waals surface area contributed by atoms with Crippen molar-refractivity contribution in [1.82, 2.24) is 4.90 Å². The fourth-order valence-corrected chi connectivity index (χ4v) is 5.49. The number of esters is 1. The molecular formula is C30H29BrN2O5S.